The van der Waals surface area contributed by atoms with Crippen molar-refractivity contribution in [2.45, 2.75) is 12.8 Å². The Hall–Kier alpha value is -2.82. The van der Waals surface area contributed by atoms with Crippen LogP contribution in [0.2, 0.25) is 0 Å². The van der Waals surface area contributed by atoms with Crippen molar-refractivity contribution in [1.82, 2.24) is 0 Å². The van der Waals surface area contributed by atoms with Crippen molar-refractivity contribution in [2.75, 3.05) is 24.3 Å². The zero-order valence-electron chi connectivity index (χ0n) is 12.9. The molecule has 5 nitrogen and oxygen atoms in total. The normalized spacial score (nSPS) is 14.1. The highest BCUT2D eigenvalue weighted by atomic mass is 16.5. The second kappa shape index (κ2) is 6.12. The Morgan fingerprint density at radius 1 is 1.22 bits per heavy atom. The summed E-state index contributed by atoms with van der Waals surface area (Å²) in [5, 5.41) is 0. The lowest BCUT2D eigenvalue weighted by atomic mass is 10.1. The number of carbonyl (C=O) groups is 2. The first-order valence-electron chi connectivity index (χ1n) is 7.49. The van der Waals surface area contributed by atoms with Gasteiger partial charge in [-0.2, -0.15) is 0 Å². The van der Waals surface area contributed by atoms with E-state index in [2.05, 4.69) is 0 Å². The molecule has 1 aliphatic heterocycles. The zero-order chi connectivity index (χ0) is 16.4. The highest BCUT2D eigenvalue weighted by Gasteiger charge is 2.27. The topological polar surface area (TPSA) is 72.6 Å². The molecule has 0 fully saturated rings. The summed E-state index contributed by atoms with van der Waals surface area (Å²) >= 11 is 0. The van der Waals surface area contributed by atoms with Crippen LogP contribution in [-0.2, 0) is 0 Å². The number of para-hydroxylation sites is 1. The van der Waals surface area contributed by atoms with Gasteiger partial charge in [-0.3, -0.25) is 9.59 Å². The largest absolute Gasteiger partial charge is 0.496 e. The second-order valence-corrected chi connectivity index (χ2v) is 5.46. The molecule has 0 saturated heterocycles. The minimum Gasteiger partial charge on any atom is -0.496 e. The fourth-order valence-electron chi connectivity index (χ4n) is 2.84. The number of nitrogen functional groups attached to an aromatic ring is 1. The van der Waals surface area contributed by atoms with Crippen molar-refractivity contribution in [2.24, 2.45) is 0 Å². The van der Waals surface area contributed by atoms with Crippen LogP contribution < -0.4 is 15.4 Å². The summed E-state index contributed by atoms with van der Waals surface area (Å²) in [6.45, 7) is 0.495. The van der Waals surface area contributed by atoms with Gasteiger partial charge in [0.1, 0.15) is 5.75 Å². The van der Waals surface area contributed by atoms with Gasteiger partial charge in [-0.05, 0) is 30.7 Å². The maximum atomic E-state index is 13.0. The van der Waals surface area contributed by atoms with Gasteiger partial charge in [-0.15, -0.1) is 0 Å². The van der Waals surface area contributed by atoms with Crippen LogP contribution in [0.15, 0.2) is 42.5 Å². The van der Waals surface area contributed by atoms with Crippen molar-refractivity contribution in [1.29, 1.82) is 0 Å². The standard InChI is InChI=1S/C18H18N2O3/c1-23-17-11-12(19)8-9-14(17)18(22)20-10-4-7-16(21)13-5-2-3-6-15(13)20/h2-3,5-6,8-9,11H,4,7,10,19H2,1H3. The van der Waals surface area contributed by atoms with E-state index >= 15 is 0 Å². The lowest BCUT2D eigenvalue weighted by molar-refractivity contribution is 0.0972. The molecule has 0 atom stereocenters. The molecular formula is C18H18N2O3. The third-order valence-electron chi connectivity index (χ3n) is 3.98. The number of hydrogen-bond donors (Lipinski definition) is 1. The molecule has 2 N–H and O–H groups in total. The molecule has 0 unspecified atom stereocenters. The first-order valence-corrected chi connectivity index (χ1v) is 7.49. The summed E-state index contributed by atoms with van der Waals surface area (Å²) in [6.07, 6.45) is 1.08. The molecule has 0 saturated carbocycles. The number of Topliss-reactive ketones (excluding diaryl/α,β-unsaturated/α-hetero) is 1. The van der Waals surface area contributed by atoms with E-state index in [-0.39, 0.29) is 11.7 Å². The summed E-state index contributed by atoms with van der Waals surface area (Å²) in [7, 11) is 1.51. The summed E-state index contributed by atoms with van der Waals surface area (Å²) in [6, 6.07) is 12.2. The Kier molecular flexibility index (Phi) is 4.02. The molecule has 0 radical (unpaired) electrons. The predicted molar refractivity (Wildman–Crippen MR) is 89.1 cm³/mol. The average Bonchev–Trinajstić information content (AvgIpc) is 2.74. The Balaban J connectivity index is 2.06. The second-order valence-electron chi connectivity index (χ2n) is 5.46. The third-order valence-corrected chi connectivity index (χ3v) is 3.98. The summed E-state index contributed by atoms with van der Waals surface area (Å²) in [4.78, 5) is 26.9. The molecule has 5 heteroatoms. The number of rotatable bonds is 2. The van der Waals surface area contributed by atoms with Crippen LogP contribution >= 0.6 is 0 Å². The van der Waals surface area contributed by atoms with E-state index in [9.17, 15) is 9.59 Å². The van der Waals surface area contributed by atoms with Gasteiger partial charge in [-0.1, -0.05) is 12.1 Å². The van der Waals surface area contributed by atoms with Crippen LogP contribution in [0.4, 0.5) is 11.4 Å². The van der Waals surface area contributed by atoms with E-state index in [1.165, 1.54) is 7.11 Å². The molecule has 0 bridgehead atoms. The van der Waals surface area contributed by atoms with Crippen LogP contribution in [-0.4, -0.2) is 25.3 Å². The molecule has 0 aliphatic carbocycles. The molecule has 2 aromatic rings. The van der Waals surface area contributed by atoms with Gasteiger partial charge < -0.3 is 15.4 Å². The first kappa shape index (κ1) is 15.1. The molecule has 23 heavy (non-hydrogen) atoms. The van der Waals surface area contributed by atoms with Crippen LogP contribution in [0.1, 0.15) is 33.6 Å². The Morgan fingerprint density at radius 3 is 2.78 bits per heavy atom. The number of anilines is 2. The fourth-order valence-corrected chi connectivity index (χ4v) is 2.84. The van der Waals surface area contributed by atoms with Gasteiger partial charge in [-0.25, -0.2) is 0 Å². The minimum absolute atomic E-state index is 0.0696. The number of nitrogens with two attached hydrogens (primary N) is 1. The van der Waals surface area contributed by atoms with Gasteiger partial charge in [0.15, 0.2) is 5.78 Å². The van der Waals surface area contributed by atoms with Crippen LogP contribution in [0, 0.1) is 0 Å². The highest BCUT2D eigenvalue weighted by molar-refractivity contribution is 6.12. The van der Waals surface area contributed by atoms with E-state index in [0.29, 0.717) is 47.6 Å². The molecule has 2 aromatic carbocycles. The van der Waals surface area contributed by atoms with Crippen molar-refractivity contribution >= 4 is 23.1 Å². The lowest BCUT2D eigenvalue weighted by Crippen LogP contribution is -2.32. The molecule has 1 amide bonds. The summed E-state index contributed by atoms with van der Waals surface area (Å²) < 4.78 is 5.28. The zero-order valence-corrected chi connectivity index (χ0v) is 12.9. The van der Waals surface area contributed by atoms with Crippen molar-refractivity contribution in [3.8, 4) is 5.75 Å². The number of benzene rings is 2. The number of methoxy groups -OCH3 is 1. The average molecular weight is 310 g/mol. The van der Waals surface area contributed by atoms with Gasteiger partial charge >= 0.3 is 0 Å². The maximum Gasteiger partial charge on any atom is 0.262 e. The van der Waals surface area contributed by atoms with Crippen molar-refractivity contribution in [3.05, 3.63) is 53.6 Å². The molecule has 1 heterocycles. The van der Waals surface area contributed by atoms with E-state index in [0.717, 1.165) is 0 Å². The number of ether oxygens (including phenoxy) is 1. The Morgan fingerprint density at radius 2 is 2.00 bits per heavy atom. The number of fused-ring (bicyclic) bond motifs is 1. The van der Waals surface area contributed by atoms with Crippen LogP contribution in [0.25, 0.3) is 0 Å². The van der Waals surface area contributed by atoms with E-state index < -0.39 is 0 Å². The lowest BCUT2D eigenvalue weighted by Gasteiger charge is -2.23. The van der Waals surface area contributed by atoms with E-state index in [1.807, 2.05) is 12.1 Å². The van der Waals surface area contributed by atoms with Crippen molar-refractivity contribution in [3.63, 3.8) is 0 Å². The highest BCUT2D eigenvalue weighted by Crippen LogP contribution is 2.30. The number of ketones is 1. The minimum atomic E-state index is -0.191. The van der Waals surface area contributed by atoms with Gasteiger partial charge in [0.25, 0.3) is 5.91 Å². The molecule has 0 spiro atoms. The number of nitrogens with zero attached hydrogens (tertiary/aromatic N) is 1. The maximum absolute atomic E-state index is 13.0. The number of carbonyl (C=O) groups excluding carboxylic acids is 2. The quantitative estimate of drug-likeness (QED) is 0.866. The summed E-state index contributed by atoms with van der Waals surface area (Å²) in [5.74, 6) is 0.312. The monoisotopic (exact) mass is 310 g/mol. The summed E-state index contributed by atoms with van der Waals surface area (Å²) in [5.41, 5.74) is 7.96. The SMILES string of the molecule is COc1cc(N)ccc1C(=O)N1CCCC(=O)c2ccccc21. The van der Waals surface area contributed by atoms with Gasteiger partial charge in [0.2, 0.25) is 0 Å². The third kappa shape index (κ3) is 2.77. The van der Waals surface area contributed by atoms with E-state index in [4.69, 9.17) is 10.5 Å². The Bertz CT molecular complexity index is 771. The Labute approximate surface area is 134 Å². The van der Waals surface area contributed by atoms with Gasteiger partial charge in [0, 0.05) is 30.3 Å². The van der Waals surface area contributed by atoms with Crippen molar-refractivity contribution < 1.29 is 14.3 Å². The van der Waals surface area contributed by atoms with Crippen LogP contribution in [0.3, 0.4) is 0 Å². The molecule has 3 rings (SSSR count). The predicted octanol–water partition coefficient (Wildman–Crippen LogP) is 2.90. The molecule has 118 valence electrons. The number of hydrogen-bond acceptors (Lipinski definition) is 4. The number of amides is 1. The molecule has 0 aromatic heterocycles. The fraction of sp³-hybridized carbons (Fsp3) is 0.222. The molecule has 1 aliphatic rings. The van der Waals surface area contributed by atoms with E-state index in [1.54, 1.807) is 35.2 Å². The van der Waals surface area contributed by atoms with Gasteiger partial charge in [0.05, 0.1) is 18.4 Å². The smallest absolute Gasteiger partial charge is 0.262 e. The molecular weight excluding hydrogens is 292 g/mol. The first-order chi connectivity index (χ1) is 11.1. The van der Waals surface area contributed by atoms with Crippen LogP contribution in [0.5, 0.6) is 5.75 Å².